The highest BCUT2D eigenvalue weighted by Crippen LogP contribution is 2.12. The van der Waals surface area contributed by atoms with Crippen LogP contribution in [0.4, 0.5) is 0 Å². The normalized spacial score (nSPS) is 9.57. The SMILES string of the molecule is CC(C)Cc1ccc(Cl)cc1.CCC. The molecule has 14 heavy (non-hydrogen) atoms. The second kappa shape index (κ2) is 7.87. The zero-order chi connectivity index (χ0) is 11.0. The molecule has 0 aromatic heterocycles. The van der Waals surface area contributed by atoms with E-state index in [0.717, 1.165) is 17.4 Å². The fraction of sp³-hybridized carbons (Fsp3) is 0.538. The van der Waals surface area contributed by atoms with E-state index in [4.69, 9.17) is 11.6 Å². The first-order chi connectivity index (χ1) is 6.60. The monoisotopic (exact) mass is 212 g/mol. The first-order valence-electron chi connectivity index (χ1n) is 5.34. The summed E-state index contributed by atoms with van der Waals surface area (Å²) in [6.07, 6.45) is 2.39. The fourth-order valence-corrected chi connectivity index (χ4v) is 1.22. The minimum Gasteiger partial charge on any atom is -0.0843 e. The van der Waals surface area contributed by atoms with Crippen molar-refractivity contribution < 1.29 is 0 Å². The third kappa shape index (κ3) is 6.97. The molecule has 0 aliphatic rings. The van der Waals surface area contributed by atoms with E-state index in [2.05, 4.69) is 39.8 Å². The minimum atomic E-state index is 0.719. The highest BCUT2D eigenvalue weighted by molar-refractivity contribution is 6.30. The predicted octanol–water partition coefficient (Wildman–Crippen LogP) is 4.95. The van der Waals surface area contributed by atoms with Crippen molar-refractivity contribution in [2.45, 2.75) is 40.5 Å². The van der Waals surface area contributed by atoms with Gasteiger partial charge < -0.3 is 0 Å². The van der Waals surface area contributed by atoms with Gasteiger partial charge in [-0.2, -0.15) is 0 Å². The molecule has 1 rings (SSSR count). The van der Waals surface area contributed by atoms with Gasteiger partial charge in [0.1, 0.15) is 0 Å². The van der Waals surface area contributed by atoms with Gasteiger partial charge in [-0.15, -0.1) is 0 Å². The van der Waals surface area contributed by atoms with Gasteiger partial charge >= 0.3 is 0 Å². The van der Waals surface area contributed by atoms with Crippen molar-refractivity contribution in [3.63, 3.8) is 0 Å². The third-order valence-electron chi connectivity index (χ3n) is 1.56. The lowest BCUT2D eigenvalue weighted by Crippen LogP contribution is -1.92. The van der Waals surface area contributed by atoms with Crippen LogP contribution in [-0.4, -0.2) is 0 Å². The van der Waals surface area contributed by atoms with Gasteiger partial charge in [0, 0.05) is 5.02 Å². The van der Waals surface area contributed by atoms with Crippen LogP contribution in [0.1, 0.15) is 39.7 Å². The highest BCUT2D eigenvalue weighted by Gasteiger charge is 1.96. The highest BCUT2D eigenvalue weighted by atomic mass is 35.5. The van der Waals surface area contributed by atoms with E-state index >= 15 is 0 Å². The Morgan fingerprint density at radius 2 is 1.50 bits per heavy atom. The van der Waals surface area contributed by atoms with Crippen LogP contribution in [0.3, 0.4) is 0 Å². The van der Waals surface area contributed by atoms with Crippen LogP contribution >= 0.6 is 11.6 Å². The number of benzene rings is 1. The molecule has 0 bridgehead atoms. The minimum absolute atomic E-state index is 0.719. The Labute approximate surface area is 93.3 Å². The topological polar surface area (TPSA) is 0 Å². The molecular weight excluding hydrogens is 192 g/mol. The Morgan fingerprint density at radius 3 is 1.86 bits per heavy atom. The fourth-order valence-electron chi connectivity index (χ4n) is 1.09. The molecule has 80 valence electrons. The summed E-state index contributed by atoms with van der Waals surface area (Å²) in [5.41, 5.74) is 1.37. The van der Waals surface area contributed by atoms with Crippen LogP contribution in [0.25, 0.3) is 0 Å². The molecule has 0 spiro atoms. The molecule has 0 saturated carbocycles. The summed E-state index contributed by atoms with van der Waals surface area (Å²) in [5.74, 6) is 0.719. The predicted molar refractivity (Wildman–Crippen MR) is 66.0 cm³/mol. The van der Waals surface area contributed by atoms with Crippen molar-refractivity contribution >= 4 is 11.6 Å². The molecule has 1 heteroatoms. The summed E-state index contributed by atoms with van der Waals surface area (Å²) in [6.45, 7) is 8.68. The molecule has 0 amide bonds. The second-order valence-corrected chi connectivity index (χ2v) is 4.37. The van der Waals surface area contributed by atoms with Crippen molar-refractivity contribution in [1.29, 1.82) is 0 Å². The van der Waals surface area contributed by atoms with Crippen molar-refractivity contribution in [1.82, 2.24) is 0 Å². The molecule has 0 radical (unpaired) electrons. The summed E-state index contributed by atoms with van der Waals surface area (Å²) in [6, 6.07) is 8.06. The Kier molecular flexibility index (Phi) is 7.60. The first-order valence-corrected chi connectivity index (χ1v) is 5.72. The van der Waals surface area contributed by atoms with Crippen LogP contribution in [0, 0.1) is 5.92 Å². The number of hydrogen-bond donors (Lipinski definition) is 0. The summed E-state index contributed by atoms with van der Waals surface area (Å²) >= 11 is 5.75. The Bertz CT molecular complexity index is 223. The van der Waals surface area contributed by atoms with Crippen LogP contribution in [-0.2, 0) is 6.42 Å². The van der Waals surface area contributed by atoms with E-state index in [-0.39, 0.29) is 0 Å². The van der Waals surface area contributed by atoms with E-state index in [9.17, 15) is 0 Å². The molecule has 1 aromatic rings. The van der Waals surface area contributed by atoms with Gasteiger partial charge in [0.2, 0.25) is 0 Å². The molecule has 0 N–H and O–H groups in total. The van der Waals surface area contributed by atoms with Gasteiger partial charge in [0.25, 0.3) is 0 Å². The largest absolute Gasteiger partial charge is 0.0843 e. The lowest BCUT2D eigenvalue weighted by molar-refractivity contribution is 0.647. The van der Waals surface area contributed by atoms with Crippen LogP contribution < -0.4 is 0 Å². The lowest BCUT2D eigenvalue weighted by Gasteiger charge is -2.03. The summed E-state index contributed by atoms with van der Waals surface area (Å²) < 4.78 is 0. The van der Waals surface area contributed by atoms with Gasteiger partial charge in [-0.25, -0.2) is 0 Å². The molecule has 0 heterocycles. The van der Waals surface area contributed by atoms with Crippen LogP contribution in [0.5, 0.6) is 0 Å². The van der Waals surface area contributed by atoms with Crippen molar-refractivity contribution in [2.24, 2.45) is 5.92 Å². The maximum absolute atomic E-state index is 5.75. The van der Waals surface area contributed by atoms with Gasteiger partial charge in [-0.3, -0.25) is 0 Å². The molecule has 0 aliphatic heterocycles. The smallest absolute Gasteiger partial charge is 0.0406 e. The van der Waals surface area contributed by atoms with E-state index in [1.807, 2.05) is 12.1 Å². The van der Waals surface area contributed by atoms with E-state index < -0.39 is 0 Å². The molecule has 0 aliphatic carbocycles. The Morgan fingerprint density at radius 1 is 1.07 bits per heavy atom. The molecular formula is C13H21Cl. The van der Waals surface area contributed by atoms with Gasteiger partial charge in [-0.05, 0) is 30.0 Å². The summed E-state index contributed by atoms with van der Waals surface area (Å²) in [4.78, 5) is 0. The number of hydrogen-bond acceptors (Lipinski definition) is 0. The van der Waals surface area contributed by atoms with Crippen molar-refractivity contribution in [2.75, 3.05) is 0 Å². The Balaban J connectivity index is 0.000000500. The lowest BCUT2D eigenvalue weighted by atomic mass is 10.0. The van der Waals surface area contributed by atoms with Crippen LogP contribution in [0.2, 0.25) is 5.02 Å². The van der Waals surface area contributed by atoms with Gasteiger partial charge in [0.15, 0.2) is 0 Å². The molecule has 0 fully saturated rings. The van der Waals surface area contributed by atoms with Crippen molar-refractivity contribution in [3.8, 4) is 0 Å². The van der Waals surface area contributed by atoms with Crippen molar-refractivity contribution in [3.05, 3.63) is 34.9 Å². The van der Waals surface area contributed by atoms with E-state index in [0.29, 0.717) is 0 Å². The quantitative estimate of drug-likeness (QED) is 0.651. The number of rotatable bonds is 2. The third-order valence-corrected chi connectivity index (χ3v) is 1.81. The number of halogens is 1. The molecule has 0 nitrogen and oxygen atoms in total. The molecule has 0 saturated heterocycles. The zero-order valence-corrected chi connectivity index (χ0v) is 10.4. The van der Waals surface area contributed by atoms with E-state index in [1.165, 1.54) is 12.0 Å². The summed E-state index contributed by atoms with van der Waals surface area (Å²) in [5, 5.41) is 0.817. The average molecular weight is 213 g/mol. The molecule has 0 unspecified atom stereocenters. The summed E-state index contributed by atoms with van der Waals surface area (Å²) in [7, 11) is 0. The zero-order valence-electron chi connectivity index (χ0n) is 9.68. The Hall–Kier alpha value is -0.490. The average Bonchev–Trinajstić information content (AvgIpc) is 2.09. The molecule has 0 atom stereocenters. The van der Waals surface area contributed by atoms with Crippen LogP contribution in [0.15, 0.2) is 24.3 Å². The van der Waals surface area contributed by atoms with Gasteiger partial charge in [0.05, 0.1) is 0 Å². The maximum atomic E-state index is 5.75. The van der Waals surface area contributed by atoms with Gasteiger partial charge in [-0.1, -0.05) is 57.8 Å². The standard InChI is InChI=1S/C10H13Cl.C3H8/c1-8(2)7-9-3-5-10(11)6-4-9;1-3-2/h3-6,8H,7H2,1-2H3;3H2,1-2H3. The first kappa shape index (κ1) is 13.5. The molecule has 1 aromatic carbocycles. The maximum Gasteiger partial charge on any atom is 0.0406 e. The van der Waals surface area contributed by atoms with E-state index in [1.54, 1.807) is 0 Å². The second-order valence-electron chi connectivity index (χ2n) is 3.93.